The number of rotatable bonds is 5. The van der Waals surface area contributed by atoms with Gasteiger partial charge >= 0.3 is 0 Å². The van der Waals surface area contributed by atoms with Crippen molar-refractivity contribution in [2.24, 2.45) is 0 Å². The fourth-order valence-corrected chi connectivity index (χ4v) is 6.11. The smallest absolute Gasteiger partial charge is 0.242 e. The Hall–Kier alpha value is -3.04. The molecule has 1 unspecified atom stereocenters. The van der Waals surface area contributed by atoms with Crippen LogP contribution in [0.4, 0.5) is 5.69 Å². The normalized spacial score (nSPS) is 19.3. The number of carbonyl (C=O) groups is 1. The summed E-state index contributed by atoms with van der Waals surface area (Å²) in [6.07, 6.45) is 9.16. The van der Waals surface area contributed by atoms with Crippen LogP contribution in [0.5, 0.6) is 0 Å². The van der Waals surface area contributed by atoms with Crippen molar-refractivity contribution in [2.75, 3.05) is 25.0 Å². The highest BCUT2D eigenvalue weighted by Crippen LogP contribution is 2.38. The monoisotopic (exact) mass is 590 g/mol. The average Bonchev–Trinajstić information content (AvgIpc) is 3.37. The summed E-state index contributed by atoms with van der Waals surface area (Å²) in [5, 5.41) is 7.30. The summed E-state index contributed by atoms with van der Waals surface area (Å²) in [6.45, 7) is 2.80. The third-order valence-electron chi connectivity index (χ3n) is 7.30. The molecule has 0 bridgehead atoms. The Bertz CT molecular complexity index is 1410. The van der Waals surface area contributed by atoms with Crippen molar-refractivity contribution in [3.05, 3.63) is 111 Å². The first-order chi connectivity index (χ1) is 18.5. The van der Waals surface area contributed by atoms with Crippen LogP contribution in [-0.4, -0.2) is 51.0 Å². The molecule has 1 aliphatic heterocycles. The van der Waals surface area contributed by atoms with E-state index in [1.54, 1.807) is 12.5 Å². The molecule has 7 nitrogen and oxygen atoms in total. The van der Waals surface area contributed by atoms with Gasteiger partial charge in [0, 0.05) is 60.0 Å². The molecule has 2 aromatic heterocycles. The summed E-state index contributed by atoms with van der Waals surface area (Å²) in [7, 11) is 0. The number of nitrogens with one attached hydrogen (secondary N) is 2. The summed E-state index contributed by atoms with van der Waals surface area (Å²) < 4.78 is 2.98. The van der Waals surface area contributed by atoms with Gasteiger partial charge in [0.1, 0.15) is 0 Å². The second kappa shape index (κ2) is 11.0. The van der Waals surface area contributed by atoms with Crippen LogP contribution in [0.1, 0.15) is 34.0 Å². The van der Waals surface area contributed by atoms with E-state index < -0.39 is 0 Å². The number of imidazole rings is 1. The molecular formula is C29H28BrClN6O. The van der Waals surface area contributed by atoms with Gasteiger partial charge in [-0.25, -0.2) is 4.98 Å². The third kappa shape index (κ3) is 5.40. The number of halogens is 2. The van der Waals surface area contributed by atoms with Gasteiger partial charge in [-0.3, -0.25) is 14.7 Å². The Balaban J connectivity index is 1.24. The van der Waals surface area contributed by atoms with E-state index in [-0.39, 0.29) is 18.0 Å². The molecule has 1 aliphatic carbocycles. The molecule has 2 aromatic carbocycles. The molecule has 2 N–H and O–H groups in total. The molecule has 3 heterocycles. The highest BCUT2D eigenvalue weighted by atomic mass is 79.9. The summed E-state index contributed by atoms with van der Waals surface area (Å²) in [6, 6.07) is 15.9. The van der Waals surface area contributed by atoms with Gasteiger partial charge in [-0.05, 0) is 81.4 Å². The number of fused-ring (bicyclic) bond motifs is 2. The number of aryl methyl sites for hydroxylation is 2. The lowest BCUT2D eigenvalue weighted by Gasteiger charge is -2.39. The van der Waals surface area contributed by atoms with Gasteiger partial charge in [-0.2, -0.15) is 0 Å². The molecule has 1 saturated heterocycles. The number of amides is 1. The first-order valence-corrected chi connectivity index (χ1v) is 14.0. The van der Waals surface area contributed by atoms with Gasteiger partial charge in [0.15, 0.2) is 0 Å². The molecule has 1 fully saturated rings. The fourth-order valence-electron chi connectivity index (χ4n) is 5.53. The van der Waals surface area contributed by atoms with Crippen LogP contribution in [0.2, 0.25) is 5.02 Å². The van der Waals surface area contributed by atoms with Crippen molar-refractivity contribution >= 4 is 39.1 Å². The molecule has 194 valence electrons. The highest BCUT2D eigenvalue weighted by Gasteiger charge is 2.35. The third-order valence-corrected chi connectivity index (χ3v) is 7.97. The quantitative estimate of drug-likeness (QED) is 0.347. The van der Waals surface area contributed by atoms with Crippen molar-refractivity contribution in [3.63, 3.8) is 0 Å². The van der Waals surface area contributed by atoms with Crippen LogP contribution in [0.3, 0.4) is 0 Å². The maximum Gasteiger partial charge on any atom is 0.242 e. The van der Waals surface area contributed by atoms with E-state index in [0.29, 0.717) is 19.6 Å². The first-order valence-electron chi connectivity index (χ1n) is 12.8. The number of aromatic nitrogens is 3. The number of nitrogens with zero attached hydrogens (tertiary/aromatic N) is 4. The zero-order chi connectivity index (χ0) is 26.1. The molecule has 2 atom stereocenters. The Morgan fingerprint density at radius 1 is 1.16 bits per heavy atom. The lowest BCUT2D eigenvalue weighted by Crippen LogP contribution is -2.56. The Morgan fingerprint density at radius 2 is 2.05 bits per heavy atom. The minimum atomic E-state index is -0.348. The minimum absolute atomic E-state index is 0.0382. The standard InChI is InChI=1S/C29H28BrClN6O/c30-22-13-21-5-4-20-14-23(31)6-7-25(20)28(27(21)34-15-22)37-11-9-33-26(17-37)29(38)35-24-3-1-2-19(12-24)16-36-10-8-32-18-36/h1-3,6-8,10,12-15,18,26,28,33H,4-5,9,11,16-17H2,(H,35,38)/t26-,28?/m0/s1. The van der Waals surface area contributed by atoms with E-state index in [4.69, 9.17) is 16.6 Å². The predicted molar refractivity (Wildman–Crippen MR) is 152 cm³/mol. The summed E-state index contributed by atoms with van der Waals surface area (Å²) in [5.41, 5.74) is 6.63. The SMILES string of the molecule is O=C(Nc1cccc(Cn2ccnc2)c1)[C@@H]1CN(C2c3ccc(Cl)cc3CCc3cc(Br)cnc32)CCN1. The number of piperazine rings is 1. The van der Waals surface area contributed by atoms with Gasteiger partial charge in [0.25, 0.3) is 0 Å². The number of hydrogen-bond donors (Lipinski definition) is 2. The van der Waals surface area contributed by atoms with E-state index in [2.05, 4.69) is 60.7 Å². The molecule has 9 heteroatoms. The second-order valence-electron chi connectivity index (χ2n) is 9.87. The molecule has 0 spiro atoms. The van der Waals surface area contributed by atoms with Crippen LogP contribution in [0.25, 0.3) is 0 Å². The Morgan fingerprint density at radius 3 is 2.92 bits per heavy atom. The van der Waals surface area contributed by atoms with Crippen molar-refractivity contribution in [2.45, 2.75) is 31.5 Å². The zero-order valence-corrected chi connectivity index (χ0v) is 23.1. The van der Waals surface area contributed by atoms with Crippen molar-refractivity contribution in [1.82, 2.24) is 24.8 Å². The predicted octanol–water partition coefficient (Wildman–Crippen LogP) is 4.84. The molecule has 4 aromatic rings. The minimum Gasteiger partial charge on any atom is -0.333 e. The van der Waals surface area contributed by atoms with Crippen LogP contribution in [0.15, 0.2) is 77.9 Å². The lowest BCUT2D eigenvalue weighted by molar-refractivity contribution is -0.119. The number of anilines is 1. The zero-order valence-electron chi connectivity index (χ0n) is 20.8. The fraction of sp³-hybridized carbons (Fsp3) is 0.276. The molecule has 38 heavy (non-hydrogen) atoms. The van der Waals surface area contributed by atoms with E-state index in [9.17, 15) is 4.79 Å². The summed E-state index contributed by atoms with van der Waals surface area (Å²) in [5.74, 6) is -0.0385. The van der Waals surface area contributed by atoms with Gasteiger partial charge in [-0.1, -0.05) is 29.8 Å². The van der Waals surface area contributed by atoms with Crippen LogP contribution in [0, 0.1) is 0 Å². The van der Waals surface area contributed by atoms with Gasteiger partial charge < -0.3 is 15.2 Å². The van der Waals surface area contributed by atoms with Gasteiger partial charge in [0.2, 0.25) is 5.91 Å². The van der Waals surface area contributed by atoms with Crippen LogP contribution < -0.4 is 10.6 Å². The van der Waals surface area contributed by atoms with E-state index in [1.807, 2.05) is 41.2 Å². The number of hydrogen-bond acceptors (Lipinski definition) is 5. The van der Waals surface area contributed by atoms with Gasteiger partial charge in [-0.15, -0.1) is 0 Å². The van der Waals surface area contributed by atoms with E-state index in [1.165, 1.54) is 16.7 Å². The average molecular weight is 592 g/mol. The number of benzene rings is 2. The molecular weight excluding hydrogens is 564 g/mol. The topological polar surface area (TPSA) is 75.1 Å². The lowest BCUT2D eigenvalue weighted by atomic mass is 9.95. The van der Waals surface area contributed by atoms with E-state index in [0.717, 1.165) is 45.8 Å². The Kier molecular flexibility index (Phi) is 7.30. The highest BCUT2D eigenvalue weighted by molar-refractivity contribution is 9.10. The largest absolute Gasteiger partial charge is 0.333 e. The van der Waals surface area contributed by atoms with Crippen LogP contribution >= 0.6 is 27.5 Å². The number of carbonyl (C=O) groups excluding carboxylic acids is 1. The van der Waals surface area contributed by atoms with Gasteiger partial charge in [0.05, 0.1) is 24.1 Å². The van der Waals surface area contributed by atoms with Crippen LogP contribution in [-0.2, 0) is 24.2 Å². The van der Waals surface area contributed by atoms with Crippen molar-refractivity contribution in [3.8, 4) is 0 Å². The maximum atomic E-state index is 13.4. The Labute approximate surface area is 235 Å². The molecule has 0 radical (unpaired) electrons. The first kappa shape index (κ1) is 25.2. The molecule has 6 rings (SSSR count). The van der Waals surface area contributed by atoms with Crippen molar-refractivity contribution < 1.29 is 4.79 Å². The second-order valence-corrected chi connectivity index (χ2v) is 11.2. The molecule has 2 aliphatic rings. The molecule has 0 saturated carbocycles. The van der Waals surface area contributed by atoms with E-state index >= 15 is 0 Å². The summed E-state index contributed by atoms with van der Waals surface area (Å²) >= 11 is 9.98. The van der Waals surface area contributed by atoms with Crippen molar-refractivity contribution in [1.29, 1.82) is 0 Å². The summed E-state index contributed by atoms with van der Waals surface area (Å²) in [4.78, 5) is 24.8. The molecule has 1 amide bonds. The number of pyridine rings is 1. The maximum absolute atomic E-state index is 13.4.